The summed E-state index contributed by atoms with van der Waals surface area (Å²) in [4.78, 5) is 26.8. The fourth-order valence-electron chi connectivity index (χ4n) is 5.55. The van der Waals surface area contributed by atoms with Gasteiger partial charge in [0.1, 0.15) is 34.7 Å². The molecular formula is C42H51Cl2N5O5Si. The first kappa shape index (κ1) is 41.5. The zero-order chi connectivity index (χ0) is 40.3. The monoisotopic (exact) mass is 803 g/mol. The van der Waals surface area contributed by atoms with Gasteiger partial charge in [-0.05, 0) is 54.4 Å². The van der Waals surface area contributed by atoms with Crippen molar-refractivity contribution in [1.82, 2.24) is 19.7 Å². The van der Waals surface area contributed by atoms with E-state index in [4.69, 9.17) is 42.2 Å². The highest BCUT2D eigenvalue weighted by Crippen LogP contribution is 2.40. The van der Waals surface area contributed by atoms with Crippen LogP contribution in [-0.2, 0) is 25.1 Å². The standard InChI is InChI=1S/C42H51Cl2N5O5Si/c1-27-21-35(38(44)39(50)48(27)25-29-16-13-14-18-33(29)52-8)53-26-30-17-12-11-15-28(30)24-45-40(51)46-37-23-36(41(2,3)4)47-49(37)31-19-20-32(43)34(22-31)54-55(9,10)42(5,6)7/h11-23H,24-26H2,1-10H3,(H2,45,46,51). The summed E-state index contributed by atoms with van der Waals surface area (Å²) in [6.45, 7) is 19.5. The molecule has 0 aliphatic heterocycles. The topological polar surface area (TPSA) is 109 Å². The van der Waals surface area contributed by atoms with Gasteiger partial charge < -0.3 is 23.8 Å². The molecule has 0 saturated carbocycles. The van der Waals surface area contributed by atoms with Crippen molar-refractivity contribution in [3.63, 3.8) is 0 Å². The van der Waals surface area contributed by atoms with E-state index in [2.05, 4.69) is 65.3 Å². The Bertz CT molecular complexity index is 2240. The van der Waals surface area contributed by atoms with Gasteiger partial charge in [0.05, 0.1) is 30.1 Å². The van der Waals surface area contributed by atoms with Crippen molar-refractivity contribution in [2.45, 2.75) is 91.7 Å². The number of halogens is 2. The number of rotatable bonds is 12. The maximum atomic E-state index is 13.5. The average Bonchev–Trinajstić information content (AvgIpc) is 3.55. The molecule has 3 aromatic carbocycles. The summed E-state index contributed by atoms with van der Waals surface area (Å²) in [6.07, 6.45) is 0. The number of carbonyl (C=O) groups excluding carboxylic acids is 1. The van der Waals surface area contributed by atoms with Gasteiger partial charge >= 0.3 is 6.03 Å². The normalized spacial score (nSPS) is 12.0. The smallest absolute Gasteiger partial charge is 0.320 e. The SMILES string of the molecule is COc1ccccc1Cn1c(C)cc(OCc2ccccc2CNC(=O)Nc2cc(C(C)(C)C)nn2-c2ccc(Cl)c(O[Si](C)(C)C(C)(C)C)c2)c(Cl)c1=O. The van der Waals surface area contributed by atoms with Gasteiger partial charge in [0.25, 0.3) is 13.9 Å². The predicted molar refractivity (Wildman–Crippen MR) is 224 cm³/mol. The number of benzene rings is 3. The largest absolute Gasteiger partial charge is 0.542 e. The molecule has 0 radical (unpaired) electrons. The number of anilines is 1. The van der Waals surface area contributed by atoms with Gasteiger partial charge in [-0.25, -0.2) is 9.48 Å². The van der Waals surface area contributed by atoms with E-state index in [0.717, 1.165) is 22.4 Å². The Balaban J connectivity index is 1.31. The van der Waals surface area contributed by atoms with Crippen molar-refractivity contribution in [2.24, 2.45) is 0 Å². The second-order valence-electron chi connectivity index (χ2n) is 16.1. The zero-order valence-corrected chi connectivity index (χ0v) is 35.8. The number of hydrogen-bond donors (Lipinski definition) is 2. The third-order valence-electron chi connectivity index (χ3n) is 9.93. The highest BCUT2D eigenvalue weighted by atomic mass is 35.5. The molecule has 13 heteroatoms. The Morgan fingerprint density at radius 3 is 2.16 bits per heavy atom. The first-order chi connectivity index (χ1) is 25.8. The van der Waals surface area contributed by atoms with E-state index in [9.17, 15) is 9.59 Å². The Morgan fingerprint density at radius 1 is 0.855 bits per heavy atom. The molecule has 5 rings (SSSR count). The molecule has 0 aliphatic carbocycles. The lowest BCUT2D eigenvalue weighted by Crippen LogP contribution is -2.43. The third kappa shape index (κ3) is 9.76. The number of amides is 2. The third-order valence-corrected chi connectivity index (χ3v) is 14.9. The molecule has 2 amide bonds. The van der Waals surface area contributed by atoms with Crippen LogP contribution in [0.3, 0.4) is 0 Å². The highest BCUT2D eigenvalue weighted by Gasteiger charge is 2.39. The lowest BCUT2D eigenvalue weighted by Gasteiger charge is -2.36. The molecule has 2 heterocycles. The van der Waals surface area contributed by atoms with Crippen LogP contribution >= 0.6 is 23.2 Å². The van der Waals surface area contributed by atoms with Gasteiger partial charge in [-0.2, -0.15) is 5.10 Å². The van der Waals surface area contributed by atoms with E-state index in [1.807, 2.05) is 73.7 Å². The molecule has 10 nitrogen and oxygen atoms in total. The number of ether oxygens (including phenoxy) is 2. The summed E-state index contributed by atoms with van der Waals surface area (Å²) < 4.78 is 21.5. The summed E-state index contributed by atoms with van der Waals surface area (Å²) in [5, 5.41) is 11.3. The first-order valence-electron chi connectivity index (χ1n) is 18.1. The molecule has 0 spiro atoms. The minimum atomic E-state index is -2.19. The summed E-state index contributed by atoms with van der Waals surface area (Å²) in [5.41, 5.74) is 4.06. The number of methoxy groups -OCH3 is 1. The fraction of sp³-hybridized carbons (Fsp3) is 0.357. The molecule has 0 aliphatic rings. The van der Waals surface area contributed by atoms with Crippen molar-refractivity contribution >= 4 is 43.4 Å². The Morgan fingerprint density at radius 2 is 1.51 bits per heavy atom. The minimum Gasteiger partial charge on any atom is -0.542 e. The molecule has 2 N–H and O–H groups in total. The van der Waals surface area contributed by atoms with Crippen LogP contribution in [0.5, 0.6) is 17.2 Å². The number of urea groups is 1. The molecule has 0 bridgehead atoms. The molecule has 5 aromatic rings. The second-order valence-corrected chi connectivity index (χ2v) is 21.6. The van der Waals surface area contributed by atoms with E-state index >= 15 is 0 Å². The van der Waals surface area contributed by atoms with Crippen molar-refractivity contribution in [2.75, 3.05) is 12.4 Å². The van der Waals surface area contributed by atoms with Crippen molar-refractivity contribution < 1.29 is 18.7 Å². The summed E-state index contributed by atoms with van der Waals surface area (Å²) in [5.74, 6) is 2.04. The van der Waals surface area contributed by atoms with Crippen LogP contribution in [0.25, 0.3) is 5.69 Å². The number of aromatic nitrogens is 3. The van der Waals surface area contributed by atoms with Crippen LogP contribution in [0.4, 0.5) is 10.6 Å². The number of nitrogens with zero attached hydrogens (tertiary/aromatic N) is 3. The van der Waals surface area contributed by atoms with Crippen molar-refractivity contribution in [1.29, 1.82) is 0 Å². The van der Waals surface area contributed by atoms with E-state index in [1.165, 1.54) is 0 Å². The predicted octanol–water partition coefficient (Wildman–Crippen LogP) is 10.3. The molecule has 0 atom stereocenters. The van der Waals surface area contributed by atoms with Crippen molar-refractivity contribution in [3.05, 3.63) is 127 Å². The summed E-state index contributed by atoms with van der Waals surface area (Å²) >= 11 is 13.2. The lowest BCUT2D eigenvalue weighted by molar-refractivity contribution is 0.251. The Hall–Kier alpha value is -4.71. The zero-order valence-electron chi connectivity index (χ0n) is 33.3. The fourth-order valence-corrected chi connectivity index (χ4v) is 7.00. The molecule has 0 saturated heterocycles. The van der Waals surface area contributed by atoms with E-state index in [0.29, 0.717) is 40.3 Å². The minimum absolute atomic E-state index is 0.0129. The highest BCUT2D eigenvalue weighted by molar-refractivity contribution is 6.74. The van der Waals surface area contributed by atoms with Gasteiger partial charge in [0.15, 0.2) is 0 Å². The molecule has 0 unspecified atom stereocenters. The maximum absolute atomic E-state index is 13.5. The van der Waals surface area contributed by atoms with Gasteiger partial charge in [-0.3, -0.25) is 10.1 Å². The van der Waals surface area contributed by atoms with Gasteiger partial charge in [0.2, 0.25) is 0 Å². The van der Waals surface area contributed by atoms with Crippen LogP contribution in [0.15, 0.2) is 83.7 Å². The van der Waals surface area contributed by atoms with Gasteiger partial charge in [-0.1, -0.05) is 107 Å². The molecule has 55 heavy (non-hydrogen) atoms. The molecule has 292 valence electrons. The van der Waals surface area contributed by atoms with Crippen LogP contribution in [0, 0.1) is 6.92 Å². The lowest BCUT2D eigenvalue weighted by atomic mass is 9.92. The van der Waals surface area contributed by atoms with E-state index in [1.54, 1.807) is 28.5 Å². The summed E-state index contributed by atoms with van der Waals surface area (Å²) in [7, 11) is -0.596. The number of carbonyl (C=O) groups is 1. The van der Waals surface area contributed by atoms with Crippen LogP contribution < -0.4 is 30.1 Å². The number of nitrogens with one attached hydrogen (secondary N) is 2. The van der Waals surface area contributed by atoms with E-state index in [-0.39, 0.29) is 39.9 Å². The number of hydrogen-bond acceptors (Lipinski definition) is 6. The van der Waals surface area contributed by atoms with Crippen LogP contribution in [-0.4, -0.2) is 35.8 Å². The quantitative estimate of drug-likeness (QED) is 0.122. The maximum Gasteiger partial charge on any atom is 0.320 e. The van der Waals surface area contributed by atoms with Crippen LogP contribution in [0.2, 0.25) is 28.2 Å². The van der Waals surface area contributed by atoms with Gasteiger partial charge in [-0.15, -0.1) is 0 Å². The Labute approximate surface area is 334 Å². The van der Waals surface area contributed by atoms with Crippen LogP contribution in [0.1, 0.15) is 69.6 Å². The molecular weight excluding hydrogens is 753 g/mol. The number of para-hydroxylation sites is 1. The molecule has 0 fully saturated rings. The van der Waals surface area contributed by atoms with Crippen molar-refractivity contribution in [3.8, 4) is 22.9 Å². The molecule has 2 aromatic heterocycles. The second kappa shape index (κ2) is 16.6. The summed E-state index contributed by atoms with van der Waals surface area (Å²) in [6, 6.07) is 23.9. The van der Waals surface area contributed by atoms with E-state index < -0.39 is 14.3 Å². The first-order valence-corrected chi connectivity index (χ1v) is 21.8. The Kier molecular flexibility index (Phi) is 12.5. The number of aryl methyl sites for hydroxylation is 1. The van der Waals surface area contributed by atoms with Gasteiger partial charge in [0, 0.05) is 41.4 Å². The average molecular weight is 805 g/mol. The number of pyridine rings is 1.